The van der Waals surface area contributed by atoms with Gasteiger partial charge in [0.2, 0.25) is 11.6 Å². The van der Waals surface area contributed by atoms with Gasteiger partial charge in [0, 0.05) is 11.1 Å². The zero-order valence-electron chi connectivity index (χ0n) is 11.9. The topological polar surface area (TPSA) is 46.6 Å². The van der Waals surface area contributed by atoms with Crippen LogP contribution in [-0.2, 0) is 4.74 Å². The van der Waals surface area contributed by atoms with Crippen molar-refractivity contribution in [1.82, 2.24) is 4.90 Å². The smallest absolute Gasteiger partial charge is 0.211 e. The zero-order valence-corrected chi connectivity index (χ0v) is 12.7. The lowest BCUT2D eigenvalue weighted by molar-refractivity contribution is -0.0183. The van der Waals surface area contributed by atoms with Crippen LogP contribution in [-0.4, -0.2) is 41.8 Å². The third kappa shape index (κ3) is 2.19. The molecule has 110 valence electrons. The van der Waals surface area contributed by atoms with E-state index >= 15 is 0 Å². The average Bonchev–Trinajstić information content (AvgIpc) is 2.48. The first-order valence-electron chi connectivity index (χ1n) is 6.96. The number of Topliss-reactive ketones (excluding diaryl/α,β-unsaturated/α-hetero) is 2. The van der Waals surface area contributed by atoms with Gasteiger partial charge in [0.15, 0.2) is 0 Å². The molecule has 1 aromatic rings. The number of carbonyl (C=O) groups is 2. The molecule has 0 spiro atoms. The van der Waals surface area contributed by atoms with E-state index in [1.165, 1.54) is 0 Å². The quantitative estimate of drug-likeness (QED) is 0.800. The number of benzene rings is 1. The molecule has 1 aliphatic carbocycles. The van der Waals surface area contributed by atoms with Crippen molar-refractivity contribution in [3.05, 3.63) is 46.1 Å². The first-order valence-corrected chi connectivity index (χ1v) is 7.34. The van der Waals surface area contributed by atoms with Gasteiger partial charge in [-0.2, -0.15) is 0 Å². The monoisotopic (exact) mass is 305 g/mol. The van der Waals surface area contributed by atoms with Crippen molar-refractivity contribution >= 4 is 23.2 Å². The maximum Gasteiger partial charge on any atom is 0.211 e. The average molecular weight is 306 g/mol. The minimum absolute atomic E-state index is 0.000452. The molecule has 0 N–H and O–H groups in total. The van der Waals surface area contributed by atoms with Crippen molar-refractivity contribution < 1.29 is 14.3 Å². The van der Waals surface area contributed by atoms with Crippen LogP contribution in [0.1, 0.15) is 34.6 Å². The van der Waals surface area contributed by atoms with E-state index < -0.39 is 0 Å². The Kier molecular flexibility index (Phi) is 3.59. The molecular formula is C16H16ClNO3. The molecule has 2 aliphatic rings. The molecule has 2 atom stereocenters. The Morgan fingerprint density at radius 2 is 1.57 bits per heavy atom. The summed E-state index contributed by atoms with van der Waals surface area (Å²) in [5, 5.41) is 0.0132. The van der Waals surface area contributed by atoms with Gasteiger partial charge in [-0.15, -0.1) is 0 Å². The number of allylic oxidation sites excluding steroid dienone is 2. The van der Waals surface area contributed by atoms with Crippen LogP contribution >= 0.6 is 11.6 Å². The number of rotatable bonds is 1. The van der Waals surface area contributed by atoms with Gasteiger partial charge in [-0.25, -0.2) is 0 Å². The number of morpholine rings is 1. The number of ether oxygens (including phenoxy) is 1. The summed E-state index contributed by atoms with van der Waals surface area (Å²) in [5.41, 5.74) is 1.11. The van der Waals surface area contributed by atoms with Crippen molar-refractivity contribution in [3.63, 3.8) is 0 Å². The van der Waals surface area contributed by atoms with Crippen LogP contribution in [0.2, 0.25) is 0 Å². The van der Waals surface area contributed by atoms with Crippen molar-refractivity contribution in [1.29, 1.82) is 0 Å². The summed E-state index contributed by atoms with van der Waals surface area (Å²) in [6.45, 7) is 4.96. The molecule has 5 heteroatoms. The summed E-state index contributed by atoms with van der Waals surface area (Å²) in [6, 6.07) is 6.81. The Morgan fingerprint density at radius 3 is 2.14 bits per heavy atom. The van der Waals surface area contributed by atoms with E-state index in [9.17, 15) is 9.59 Å². The van der Waals surface area contributed by atoms with Gasteiger partial charge in [0.1, 0.15) is 10.7 Å². The molecule has 0 bridgehead atoms. The fraction of sp³-hybridized carbons (Fsp3) is 0.375. The molecule has 1 aromatic carbocycles. The van der Waals surface area contributed by atoms with Crippen LogP contribution in [0.15, 0.2) is 35.0 Å². The second-order valence-corrected chi connectivity index (χ2v) is 5.89. The molecule has 0 saturated carbocycles. The lowest BCUT2D eigenvalue weighted by Gasteiger charge is -2.42. The molecule has 0 unspecified atom stereocenters. The first-order chi connectivity index (χ1) is 10.0. The molecule has 1 aliphatic heterocycles. The van der Waals surface area contributed by atoms with Crippen LogP contribution in [0.5, 0.6) is 0 Å². The fourth-order valence-electron chi connectivity index (χ4n) is 3.01. The van der Waals surface area contributed by atoms with Crippen molar-refractivity contribution in [2.75, 3.05) is 13.2 Å². The van der Waals surface area contributed by atoms with E-state index in [1.54, 1.807) is 24.3 Å². The number of hydrogen-bond donors (Lipinski definition) is 0. The standard InChI is InChI=1S/C16H16ClNO3/c1-9-7-21-8-10(2)18(9)14-13(17)15(19)11-5-3-4-6-12(11)16(14)20/h3-6,9-10H,7-8H2,1-2H3/t9-,10-/m1/s1. The third-order valence-corrected chi connectivity index (χ3v) is 4.32. The normalized spacial score (nSPS) is 26.1. The van der Waals surface area contributed by atoms with Gasteiger partial charge in [0.25, 0.3) is 0 Å². The Balaban J connectivity index is 2.12. The highest BCUT2D eigenvalue weighted by Crippen LogP contribution is 2.33. The minimum atomic E-state index is -0.284. The fourth-order valence-corrected chi connectivity index (χ4v) is 3.29. The maximum atomic E-state index is 12.8. The third-order valence-electron chi connectivity index (χ3n) is 3.96. The van der Waals surface area contributed by atoms with Crippen molar-refractivity contribution in [3.8, 4) is 0 Å². The predicted octanol–water partition coefficient (Wildman–Crippen LogP) is 2.63. The van der Waals surface area contributed by atoms with Crippen LogP contribution in [0, 0.1) is 0 Å². The van der Waals surface area contributed by atoms with Crippen LogP contribution in [0.25, 0.3) is 0 Å². The number of nitrogens with zero attached hydrogens (tertiary/aromatic N) is 1. The van der Waals surface area contributed by atoms with Crippen LogP contribution < -0.4 is 0 Å². The van der Waals surface area contributed by atoms with E-state index in [1.807, 2.05) is 18.7 Å². The molecule has 1 fully saturated rings. The van der Waals surface area contributed by atoms with E-state index in [4.69, 9.17) is 16.3 Å². The second-order valence-electron chi connectivity index (χ2n) is 5.51. The van der Waals surface area contributed by atoms with Gasteiger partial charge in [-0.1, -0.05) is 35.9 Å². The van der Waals surface area contributed by atoms with Gasteiger partial charge >= 0.3 is 0 Å². The van der Waals surface area contributed by atoms with Crippen LogP contribution in [0.4, 0.5) is 0 Å². The summed E-state index contributed by atoms with van der Waals surface area (Å²) in [7, 11) is 0. The Bertz CT molecular complexity index is 643. The maximum absolute atomic E-state index is 12.8. The highest BCUT2D eigenvalue weighted by Gasteiger charge is 2.38. The van der Waals surface area contributed by atoms with E-state index in [0.29, 0.717) is 30.0 Å². The van der Waals surface area contributed by atoms with E-state index in [2.05, 4.69) is 0 Å². The summed E-state index contributed by atoms with van der Waals surface area (Å²) in [4.78, 5) is 27.1. The Morgan fingerprint density at radius 1 is 1.05 bits per heavy atom. The van der Waals surface area contributed by atoms with E-state index in [0.717, 1.165) is 0 Å². The second kappa shape index (κ2) is 5.28. The summed E-state index contributed by atoms with van der Waals surface area (Å²) in [6.07, 6.45) is 0. The number of hydrogen-bond acceptors (Lipinski definition) is 4. The molecule has 4 nitrogen and oxygen atoms in total. The highest BCUT2D eigenvalue weighted by molar-refractivity contribution is 6.49. The van der Waals surface area contributed by atoms with Gasteiger partial charge < -0.3 is 9.64 Å². The molecule has 1 heterocycles. The Labute approximate surface area is 128 Å². The SMILES string of the molecule is C[C@@H]1COC[C@@H](C)N1C1=C(Cl)C(=O)c2ccccc2C1=O. The minimum Gasteiger partial charge on any atom is -0.377 e. The van der Waals surface area contributed by atoms with E-state index in [-0.39, 0.29) is 28.7 Å². The van der Waals surface area contributed by atoms with Crippen molar-refractivity contribution in [2.45, 2.75) is 25.9 Å². The molecule has 3 rings (SSSR count). The van der Waals surface area contributed by atoms with Crippen LogP contribution in [0.3, 0.4) is 0 Å². The number of fused-ring (bicyclic) bond motifs is 1. The summed E-state index contributed by atoms with van der Waals surface area (Å²) >= 11 is 6.25. The molecule has 0 radical (unpaired) electrons. The van der Waals surface area contributed by atoms with Gasteiger partial charge in [0.05, 0.1) is 25.3 Å². The van der Waals surface area contributed by atoms with Gasteiger partial charge in [-0.05, 0) is 13.8 Å². The number of ketones is 2. The molecular weight excluding hydrogens is 290 g/mol. The summed E-state index contributed by atoms with van der Waals surface area (Å²) < 4.78 is 5.48. The molecule has 21 heavy (non-hydrogen) atoms. The largest absolute Gasteiger partial charge is 0.377 e. The lowest BCUT2D eigenvalue weighted by Crippen LogP contribution is -2.51. The molecule has 0 aromatic heterocycles. The molecule has 1 saturated heterocycles. The zero-order chi connectivity index (χ0) is 15.1. The van der Waals surface area contributed by atoms with Gasteiger partial charge in [-0.3, -0.25) is 9.59 Å². The van der Waals surface area contributed by atoms with Crippen molar-refractivity contribution in [2.24, 2.45) is 0 Å². The number of halogens is 1. The summed E-state index contributed by atoms with van der Waals surface area (Å²) in [5.74, 6) is -0.469. The lowest BCUT2D eigenvalue weighted by atomic mass is 9.90. The first kappa shape index (κ1) is 14.3. The Hall–Kier alpha value is -1.65. The predicted molar refractivity (Wildman–Crippen MR) is 79.6 cm³/mol. The number of carbonyl (C=O) groups excluding carboxylic acids is 2. The molecule has 0 amide bonds. The highest BCUT2D eigenvalue weighted by atomic mass is 35.5.